The summed E-state index contributed by atoms with van der Waals surface area (Å²) in [6.07, 6.45) is 6.19. The van der Waals surface area contributed by atoms with Crippen LogP contribution < -0.4 is 0 Å². The van der Waals surface area contributed by atoms with Crippen LogP contribution in [0.1, 0.15) is 40.0 Å². The van der Waals surface area contributed by atoms with Gasteiger partial charge in [-0.2, -0.15) is 0 Å². The van der Waals surface area contributed by atoms with E-state index in [0.29, 0.717) is 12.0 Å². The second-order valence-electron chi connectivity index (χ2n) is 4.80. The molecule has 0 amide bonds. The first kappa shape index (κ1) is 11.7. The Morgan fingerprint density at radius 3 is 2.86 bits per heavy atom. The molecule has 0 aromatic carbocycles. The van der Waals surface area contributed by atoms with Gasteiger partial charge < -0.3 is 9.84 Å². The summed E-state index contributed by atoms with van der Waals surface area (Å²) in [7, 11) is 0. The minimum Gasteiger partial charge on any atom is -0.394 e. The Kier molecular flexibility index (Phi) is 4.14. The zero-order chi connectivity index (χ0) is 10.6. The van der Waals surface area contributed by atoms with E-state index in [1.54, 1.807) is 0 Å². The molecule has 0 aliphatic heterocycles. The smallest absolute Gasteiger partial charge is 0.0758 e. The first-order valence-corrected chi connectivity index (χ1v) is 5.49. The standard InChI is InChI=1S/C12H22O2/c1-10(14-8-7-13)11-5-4-6-12(2,3)9-11/h9-10,13H,4-8H2,1-3H3. The van der Waals surface area contributed by atoms with Crippen molar-refractivity contribution in [2.45, 2.75) is 46.1 Å². The van der Waals surface area contributed by atoms with E-state index in [0.717, 1.165) is 6.42 Å². The molecule has 0 saturated carbocycles. The molecule has 2 heteroatoms. The topological polar surface area (TPSA) is 29.5 Å². The molecule has 1 rings (SSSR count). The maximum atomic E-state index is 8.67. The maximum Gasteiger partial charge on any atom is 0.0758 e. The lowest BCUT2D eigenvalue weighted by molar-refractivity contribution is 0.0545. The summed E-state index contributed by atoms with van der Waals surface area (Å²) in [6, 6.07) is 0. The van der Waals surface area contributed by atoms with E-state index < -0.39 is 0 Å². The fraction of sp³-hybridized carbons (Fsp3) is 0.833. The molecule has 82 valence electrons. The lowest BCUT2D eigenvalue weighted by Gasteiger charge is -2.30. The van der Waals surface area contributed by atoms with Crippen LogP contribution in [0.15, 0.2) is 11.6 Å². The van der Waals surface area contributed by atoms with Crippen molar-refractivity contribution in [3.63, 3.8) is 0 Å². The first-order chi connectivity index (χ1) is 6.55. The van der Waals surface area contributed by atoms with Gasteiger partial charge in [0.15, 0.2) is 0 Å². The highest BCUT2D eigenvalue weighted by Gasteiger charge is 2.22. The van der Waals surface area contributed by atoms with Crippen LogP contribution in [0.3, 0.4) is 0 Å². The van der Waals surface area contributed by atoms with E-state index >= 15 is 0 Å². The number of aliphatic hydroxyl groups excluding tert-OH is 1. The molecule has 0 spiro atoms. The SMILES string of the molecule is CC(OCCO)C1=CC(C)(C)CCC1. The number of allylic oxidation sites excluding steroid dienone is 1. The van der Waals surface area contributed by atoms with Gasteiger partial charge in [0, 0.05) is 0 Å². The Morgan fingerprint density at radius 1 is 1.57 bits per heavy atom. The lowest BCUT2D eigenvalue weighted by Crippen LogP contribution is -2.21. The maximum absolute atomic E-state index is 8.67. The van der Waals surface area contributed by atoms with Crippen LogP contribution in [0.5, 0.6) is 0 Å². The fourth-order valence-electron chi connectivity index (χ4n) is 2.05. The van der Waals surface area contributed by atoms with Gasteiger partial charge in [0.05, 0.1) is 19.3 Å². The zero-order valence-electron chi connectivity index (χ0n) is 9.55. The van der Waals surface area contributed by atoms with Crippen molar-refractivity contribution in [1.29, 1.82) is 0 Å². The largest absolute Gasteiger partial charge is 0.394 e. The zero-order valence-corrected chi connectivity index (χ0v) is 9.55. The van der Waals surface area contributed by atoms with Gasteiger partial charge >= 0.3 is 0 Å². The number of ether oxygens (including phenoxy) is 1. The quantitative estimate of drug-likeness (QED) is 0.703. The molecule has 0 bridgehead atoms. The molecule has 0 aromatic rings. The average molecular weight is 198 g/mol. The lowest BCUT2D eigenvalue weighted by atomic mass is 9.78. The van der Waals surface area contributed by atoms with Crippen molar-refractivity contribution in [2.24, 2.45) is 5.41 Å². The van der Waals surface area contributed by atoms with E-state index in [1.165, 1.54) is 18.4 Å². The molecule has 0 radical (unpaired) electrons. The van der Waals surface area contributed by atoms with Gasteiger partial charge in [0.2, 0.25) is 0 Å². The third-order valence-electron chi connectivity index (χ3n) is 2.84. The number of rotatable bonds is 4. The van der Waals surface area contributed by atoms with Crippen molar-refractivity contribution >= 4 is 0 Å². The summed E-state index contributed by atoms with van der Waals surface area (Å²) in [6.45, 7) is 7.17. The molecule has 14 heavy (non-hydrogen) atoms. The van der Waals surface area contributed by atoms with Gasteiger partial charge in [-0.1, -0.05) is 19.9 Å². The molecule has 0 aromatic heterocycles. The predicted octanol–water partition coefficient (Wildman–Crippen LogP) is 2.52. The van der Waals surface area contributed by atoms with E-state index in [9.17, 15) is 0 Å². The summed E-state index contributed by atoms with van der Waals surface area (Å²) < 4.78 is 5.51. The monoisotopic (exact) mass is 198 g/mol. The highest BCUT2D eigenvalue weighted by atomic mass is 16.5. The average Bonchev–Trinajstić information content (AvgIpc) is 2.12. The Labute approximate surface area is 87.0 Å². The summed E-state index contributed by atoms with van der Waals surface area (Å²) in [5.74, 6) is 0. The highest BCUT2D eigenvalue weighted by molar-refractivity contribution is 5.15. The van der Waals surface area contributed by atoms with Gasteiger partial charge in [-0.25, -0.2) is 0 Å². The predicted molar refractivity (Wildman–Crippen MR) is 58.2 cm³/mol. The Bertz CT molecular complexity index is 206. The normalized spacial score (nSPS) is 23.0. The number of hydrogen-bond acceptors (Lipinski definition) is 2. The third-order valence-corrected chi connectivity index (χ3v) is 2.84. The fourth-order valence-corrected chi connectivity index (χ4v) is 2.05. The molecule has 0 heterocycles. The summed E-state index contributed by atoms with van der Waals surface area (Å²) in [4.78, 5) is 0. The van der Waals surface area contributed by atoms with Crippen LogP contribution in [0.2, 0.25) is 0 Å². The molecular weight excluding hydrogens is 176 g/mol. The van der Waals surface area contributed by atoms with Crippen molar-refractivity contribution in [3.8, 4) is 0 Å². The van der Waals surface area contributed by atoms with Crippen LogP contribution in [-0.4, -0.2) is 24.4 Å². The van der Waals surface area contributed by atoms with Gasteiger partial charge in [-0.3, -0.25) is 0 Å². The second-order valence-corrected chi connectivity index (χ2v) is 4.80. The van der Waals surface area contributed by atoms with E-state index in [1.807, 2.05) is 0 Å². The first-order valence-electron chi connectivity index (χ1n) is 5.49. The minimum atomic E-state index is 0.112. The molecule has 0 fully saturated rings. The van der Waals surface area contributed by atoms with Gasteiger partial charge in [0.1, 0.15) is 0 Å². The molecule has 1 aliphatic carbocycles. The number of aliphatic hydroxyl groups is 1. The second kappa shape index (κ2) is 4.94. The molecule has 2 nitrogen and oxygen atoms in total. The van der Waals surface area contributed by atoms with E-state index in [2.05, 4.69) is 26.8 Å². The van der Waals surface area contributed by atoms with Crippen molar-refractivity contribution in [3.05, 3.63) is 11.6 Å². The van der Waals surface area contributed by atoms with Crippen LogP contribution in [0.25, 0.3) is 0 Å². The highest BCUT2D eigenvalue weighted by Crippen LogP contribution is 2.34. The molecule has 1 aliphatic rings. The molecular formula is C12H22O2. The minimum absolute atomic E-state index is 0.112. The van der Waals surface area contributed by atoms with Crippen LogP contribution in [0, 0.1) is 5.41 Å². The van der Waals surface area contributed by atoms with Gasteiger partial charge in [0.25, 0.3) is 0 Å². The molecule has 0 saturated heterocycles. The van der Waals surface area contributed by atoms with Crippen molar-refractivity contribution in [2.75, 3.05) is 13.2 Å². The van der Waals surface area contributed by atoms with Crippen molar-refractivity contribution in [1.82, 2.24) is 0 Å². The van der Waals surface area contributed by atoms with Crippen molar-refractivity contribution < 1.29 is 9.84 Å². The molecule has 1 N–H and O–H groups in total. The third kappa shape index (κ3) is 3.43. The van der Waals surface area contributed by atoms with E-state index in [4.69, 9.17) is 9.84 Å². The van der Waals surface area contributed by atoms with E-state index in [-0.39, 0.29) is 12.7 Å². The van der Waals surface area contributed by atoms with Crippen LogP contribution in [0.4, 0.5) is 0 Å². The Morgan fingerprint density at radius 2 is 2.29 bits per heavy atom. The Balaban J connectivity index is 2.54. The summed E-state index contributed by atoms with van der Waals surface area (Å²) >= 11 is 0. The molecule has 1 unspecified atom stereocenters. The Hall–Kier alpha value is -0.340. The summed E-state index contributed by atoms with van der Waals surface area (Å²) in [5.41, 5.74) is 1.72. The van der Waals surface area contributed by atoms with Gasteiger partial charge in [-0.15, -0.1) is 0 Å². The van der Waals surface area contributed by atoms with Crippen LogP contribution >= 0.6 is 0 Å². The van der Waals surface area contributed by atoms with Gasteiger partial charge in [-0.05, 0) is 37.2 Å². The molecule has 1 atom stereocenters. The summed E-state index contributed by atoms with van der Waals surface area (Å²) in [5, 5.41) is 8.67. The van der Waals surface area contributed by atoms with Crippen LogP contribution in [-0.2, 0) is 4.74 Å². The number of hydrogen-bond donors (Lipinski definition) is 1.